The number of amides is 1. The summed E-state index contributed by atoms with van der Waals surface area (Å²) in [4.78, 5) is 27.8. The van der Waals surface area contributed by atoms with Gasteiger partial charge in [-0.25, -0.2) is 9.59 Å². The first-order valence-electron chi connectivity index (χ1n) is 11.3. The lowest BCUT2D eigenvalue weighted by Gasteiger charge is -2.22. The maximum atomic E-state index is 12.7. The summed E-state index contributed by atoms with van der Waals surface area (Å²) in [6.07, 6.45) is 1.06. The molecule has 4 aromatic rings. The van der Waals surface area contributed by atoms with E-state index in [4.69, 9.17) is 4.74 Å². The number of thiol groups is 2. The van der Waals surface area contributed by atoms with E-state index in [1.165, 1.54) is 0 Å². The van der Waals surface area contributed by atoms with Crippen LogP contribution in [0, 0.1) is 0 Å². The second kappa shape index (κ2) is 11.8. The van der Waals surface area contributed by atoms with Gasteiger partial charge in [0, 0.05) is 28.9 Å². The summed E-state index contributed by atoms with van der Waals surface area (Å²) < 4.78 is 5.55. The fraction of sp³-hybridized carbons (Fsp3) is 0.185. The smallest absolute Gasteiger partial charge is 0.407 e. The maximum Gasteiger partial charge on any atom is 0.407 e. The second-order valence-corrected chi connectivity index (χ2v) is 10.6. The molecule has 0 spiro atoms. The zero-order valence-electron chi connectivity index (χ0n) is 19.4. The van der Waals surface area contributed by atoms with Crippen LogP contribution in [0.15, 0.2) is 79.0 Å². The molecule has 5 rings (SSSR count). The number of H-pyrrole nitrogens is 1. The van der Waals surface area contributed by atoms with Crippen LogP contribution < -0.4 is 5.32 Å². The first-order valence-corrected chi connectivity index (χ1v) is 14.2. The van der Waals surface area contributed by atoms with Crippen molar-refractivity contribution in [3.05, 3.63) is 95.7 Å². The zero-order chi connectivity index (χ0) is 25.7. The molecule has 186 valence electrons. The summed E-state index contributed by atoms with van der Waals surface area (Å²) in [7, 11) is 1.14. The summed E-state index contributed by atoms with van der Waals surface area (Å²) in [5, 5.41) is 13.3. The molecule has 1 aliphatic carbocycles. The predicted octanol–water partition coefficient (Wildman–Crippen LogP) is 6.67. The molecule has 1 heterocycles. The summed E-state index contributed by atoms with van der Waals surface area (Å²) in [6.45, 7) is 1.92. The van der Waals surface area contributed by atoms with Gasteiger partial charge in [-0.1, -0.05) is 97.0 Å². The van der Waals surface area contributed by atoms with Gasteiger partial charge in [0.15, 0.2) is 0 Å². The summed E-state index contributed by atoms with van der Waals surface area (Å²) in [5.74, 6) is -1.65. The Balaban J connectivity index is 0.000000967. The van der Waals surface area contributed by atoms with Crippen LogP contribution in [-0.2, 0) is 9.53 Å². The molecule has 0 saturated heterocycles. The topological polar surface area (TPSA) is 91.4 Å². The third-order valence-electron chi connectivity index (χ3n) is 6.49. The Kier molecular flexibility index (Phi) is 8.56. The van der Waals surface area contributed by atoms with Gasteiger partial charge in [0.05, 0.1) is 0 Å². The van der Waals surface area contributed by atoms with Gasteiger partial charge < -0.3 is 20.1 Å². The second-order valence-electron chi connectivity index (χ2n) is 8.45. The number of carboxylic acids is 1. The van der Waals surface area contributed by atoms with E-state index < -0.39 is 24.0 Å². The summed E-state index contributed by atoms with van der Waals surface area (Å²) >= 11 is 7.14. The van der Waals surface area contributed by atoms with Crippen molar-refractivity contribution in [1.29, 1.82) is 0 Å². The molecule has 1 aromatic heterocycles. The molecular formula is C27H26N2O4S3. The first kappa shape index (κ1) is 26.1. The first-order chi connectivity index (χ1) is 17.5. The number of rotatable bonds is 6. The Labute approximate surface area is 223 Å². The van der Waals surface area contributed by atoms with Crippen molar-refractivity contribution in [1.82, 2.24) is 10.3 Å². The average molecular weight is 539 g/mol. The van der Waals surface area contributed by atoms with Gasteiger partial charge in [0.1, 0.15) is 12.6 Å². The number of fused-ring (bicyclic) bond motifs is 4. The Morgan fingerprint density at radius 3 is 2.17 bits per heavy atom. The van der Waals surface area contributed by atoms with E-state index in [-0.39, 0.29) is 12.5 Å². The van der Waals surface area contributed by atoms with Crippen molar-refractivity contribution in [2.45, 2.75) is 24.8 Å². The van der Waals surface area contributed by atoms with Gasteiger partial charge in [-0.2, -0.15) is 0 Å². The molecule has 9 heteroatoms. The molecule has 0 radical (unpaired) electrons. The van der Waals surface area contributed by atoms with E-state index in [1.807, 2.05) is 60.7 Å². The van der Waals surface area contributed by atoms with Gasteiger partial charge in [-0.3, -0.25) is 0 Å². The number of hydrogen-bond acceptors (Lipinski definition) is 6. The third-order valence-corrected chi connectivity index (χ3v) is 6.49. The Hall–Kier alpha value is -3.01. The quantitative estimate of drug-likeness (QED) is 0.140. The summed E-state index contributed by atoms with van der Waals surface area (Å²) in [5.41, 5.74) is 6.24. The minimum Gasteiger partial charge on any atom is -0.480 e. The highest BCUT2D eigenvalue weighted by atomic mass is 33.5. The lowest BCUT2D eigenvalue weighted by molar-refractivity contribution is -0.139. The van der Waals surface area contributed by atoms with E-state index in [1.54, 1.807) is 13.1 Å². The van der Waals surface area contributed by atoms with Crippen LogP contribution in [0.5, 0.6) is 0 Å². The number of alkyl carbamates (subject to hydrolysis) is 1. The molecule has 0 saturated carbocycles. The number of aromatic nitrogens is 1. The largest absolute Gasteiger partial charge is 0.480 e. The molecule has 1 aliphatic rings. The number of carbonyl (C=O) groups is 2. The Morgan fingerprint density at radius 2 is 1.56 bits per heavy atom. The molecule has 3 N–H and O–H groups in total. The fourth-order valence-electron chi connectivity index (χ4n) is 4.82. The molecule has 2 atom stereocenters. The van der Waals surface area contributed by atoms with Crippen molar-refractivity contribution >= 4 is 56.1 Å². The molecule has 0 bridgehead atoms. The van der Waals surface area contributed by atoms with Gasteiger partial charge in [0.2, 0.25) is 0 Å². The lowest BCUT2D eigenvalue weighted by Crippen LogP contribution is -2.44. The van der Waals surface area contributed by atoms with Crippen LogP contribution in [0.2, 0.25) is 0 Å². The molecule has 0 unspecified atom stereocenters. The lowest BCUT2D eigenvalue weighted by atomic mass is 9.93. The Bertz CT molecular complexity index is 1330. The third kappa shape index (κ3) is 5.38. The van der Waals surface area contributed by atoms with Crippen molar-refractivity contribution in [3.63, 3.8) is 0 Å². The molecule has 0 fully saturated rings. The van der Waals surface area contributed by atoms with Gasteiger partial charge in [0.25, 0.3) is 0 Å². The maximum absolute atomic E-state index is 12.7. The van der Waals surface area contributed by atoms with Crippen LogP contribution in [0.1, 0.15) is 35.4 Å². The van der Waals surface area contributed by atoms with E-state index in [2.05, 4.69) is 45.8 Å². The van der Waals surface area contributed by atoms with Crippen molar-refractivity contribution in [2.24, 2.45) is 0 Å². The SMILES string of the molecule is C[C@@H](c1c[nH]c2ccccc12)[C@@H](NC(=O)OCC1c2ccccc2-c2ccccc21)C(=O)O.SSS. The summed E-state index contributed by atoms with van der Waals surface area (Å²) in [6, 6.07) is 22.7. The molecule has 36 heavy (non-hydrogen) atoms. The molecule has 1 amide bonds. The van der Waals surface area contributed by atoms with Crippen LogP contribution >= 0.6 is 33.1 Å². The van der Waals surface area contributed by atoms with Crippen LogP contribution in [0.25, 0.3) is 22.0 Å². The van der Waals surface area contributed by atoms with E-state index in [9.17, 15) is 14.7 Å². The highest BCUT2D eigenvalue weighted by Crippen LogP contribution is 2.44. The monoisotopic (exact) mass is 538 g/mol. The van der Waals surface area contributed by atoms with Crippen LogP contribution in [0.4, 0.5) is 4.79 Å². The number of ether oxygens (including phenoxy) is 1. The highest BCUT2D eigenvalue weighted by molar-refractivity contribution is 9.01. The van der Waals surface area contributed by atoms with Crippen LogP contribution in [-0.4, -0.2) is 34.8 Å². The number of aromatic amines is 1. The predicted molar refractivity (Wildman–Crippen MR) is 152 cm³/mol. The molecule has 6 nitrogen and oxygen atoms in total. The van der Waals surface area contributed by atoms with Gasteiger partial charge in [-0.05, 0) is 43.7 Å². The number of nitrogens with one attached hydrogen (secondary N) is 2. The zero-order valence-corrected chi connectivity index (χ0v) is 22.0. The van der Waals surface area contributed by atoms with E-state index in [0.29, 0.717) is 0 Å². The molecular weight excluding hydrogens is 513 g/mol. The molecule has 3 aromatic carbocycles. The average Bonchev–Trinajstić information content (AvgIpc) is 3.45. The van der Waals surface area contributed by atoms with Gasteiger partial charge in [-0.15, -0.1) is 0 Å². The van der Waals surface area contributed by atoms with E-state index >= 15 is 0 Å². The number of para-hydroxylation sites is 1. The fourth-order valence-corrected chi connectivity index (χ4v) is 4.82. The normalized spacial score (nSPS) is 13.6. The standard InChI is InChI=1S/C27H24N2O4.H2S3/c1-16(22-14-28-24-13-7-6-12-21(22)24)25(26(30)31)29-27(32)33-15-23-19-10-4-2-8-17(19)18-9-3-5-11-20(18)23;1-3-2/h2-14,16,23,25,28H,15H2,1H3,(H,29,32)(H,30,31);1-2H/t16-,25+;/m0./s1. The van der Waals surface area contributed by atoms with Crippen molar-refractivity contribution < 1.29 is 19.4 Å². The number of aliphatic carboxylic acids is 1. The number of carboxylic acid groups (broad SMARTS) is 1. The highest BCUT2D eigenvalue weighted by Gasteiger charge is 2.32. The number of benzene rings is 3. The van der Waals surface area contributed by atoms with Crippen LogP contribution in [0.3, 0.4) is 0 Å². The minimum atomic E-state index is -1.13. The van der Waals surface area contributed by atoms with E-state index in [0.717, 1.165) is 48.5 Å². The van der Waals surface area contributed by atoms with Crippen molar-refractivity contribution in [2.75, 3.05) is 6.61 Å². The minimum absolute atomic E-state index is 0.0857. The van der Waals surface area contributed by atoms with Crippen molar-refractivity contribution in [3.8, 4) is 11.1 Å². The van der Waals surface area contributed by atoms with Gasteiger partial charge >= 0.3 is 12.1 Å². The Morgan fingerprint density at radius 1 is 1.00 bits per heavy atom. The number of hydrogen-bond donors (Lipinski definition) is 5. The number of carbonyl (C=O) groups excluding carboxylic acids is 1. The molecule has 0 aliphatic heterocycles.